The lowest BCUT2D eigenvalue weighted by Gasteiger charge is -2.37. The molecule has 2 heterocycles. The van der Waals surface area contributed by atoms with Gasteiger partial charge in [0.1, 0.15) is 0 Å². The van der Waals surface area contributed by atoms with Gasteiger partial charge in [-0.3, -0.25) is 0 Å². The minimum absolute atomic E-state index is 0.348. The molecule has 0 spiro atoms. The highest BCUT2D eigenvalue weighted by atomic mass is 16.5. The van der Waals surface area contributed by atoms with Crippen LogP contribution in [0.25, 0.3) is 0 Å². The summed E-state index contributed by atoms with van der Waals surface area (Å²) < 4.78 is 6.76. The fourth-order valence-electron chi connectivity index (χ4n) is 7.33. The lowest BCUT2D eigenvalue weighted by Crippen LogP contribution is -2.35. The van der Waals surface area contributed by atoms with Gasteiger partial charge >= 0.3 is 0 Å². The number of hydrogen-bond acceptors (Lipinski definition) is 1. The molecule has 2 aromatic rings. The van der Waals surface area contributed by atoms with Gasteiger partial charge in [-0.05, 0) is 60.1 Å². The second kappa shape index (κ2) is 4.83. The van der Waals surface area contributed by atoms with Gasteiger partial charge < -0.3 is 4.74 Å². The van der Waals surface area contributed by atoms with Gasteiger partial charge in [-0.15, -0.1) is 0 Å². The number of ether oxygens (including phenoxy) is 1. The Morgan fingerprint density at radius 1 is 0.741 bits per heavy atom. The molecule has 27 heavy (non-hydrogen) atoms. The van der Waals surface area contributed by atoms with Crippen molar-refractivity contribution in [2.24, 2.45) is 11.8 Å². The van der Waals surface area contributed by atoms with Crippen LogP contribution in [0.2, 0.25) is 0 Å². The van der Waals surface area contributed by atoms with Crippen molar-refractivity contribution in [3.63, 3.8) is 0 Å². The zero-order valence-electron chi connectivity index (χ0n) is 15.9. The molecular formula is C26H24O. The van der Waals surface area contributed by atoms with Crippen LogP contribution >= 0.6 is 0 Å². The van der Waals surface area contributed by atoms with Gasteiger partial charge in [-0.2, -0.15) is 0 Å². The summed E-state index contributed by atoms with van der Waals surface area (Å²) in [4.78, 5) is 0. The van der Waals surface area contributed by atoms with E-state index in [4.69, 9.17) is 4.74 Å². The standard InChI is InChI=1S/C26H24O/c1-13(2)20-21-16-9-5-6-10-17(16)22(20)24-23(21)25-18-11-14-7-3-4-8-15(14)12-19(18)26(24)27-25/h3-10,21-26H,11-12H2,1-2H3. The Morgan fingerprint density at radius 2 is 1.22 bits per heavy atom. The Morgan fingerprint density at radius 3 is 1.70 bits per heavy atom. The van der Waals surface area contributed by atoms with Gasteiger partial charge in [-0.1, -0.05) is 59.7 Å². The van der Waals surface area contributed by atoms with Gasteiger partial charge in [0.2, 0.25) is 0 Å². The SMILES string of the molecule is CC(C)=C1C2c3ccccc3C1C1C3OC(C4=C3Cc3ccccc3C4)C21. The van der Waals surface area contributed by atoms with Gasteiger partial charge in [-0.25, -0.2) is 0 Å². The molecule has 1 saturated carbocycles. The first-order chi connectivity index (χ1) is 13.2. The molecule has 6 atom stereocenters. The first kappa shape index (κ1) is 14.9. The van der Waals surface area contributed by atoms with E-state index in [1.807, 2.05) is 0 Å². The smallest absolute Gasteiger partial charge is 0.0841 e. The monoisotopic (exact) mass is 352 g/mol. The van der Waals surface area contributed by atoms with Crippen LogP contribution in [-0.4, -0.2) is 12.2 Å². The maximum atomic E-state index is 6.76. The normalized spacial score (nSPS) is 36.6. The van der Waals surface area contributed by atoms with E-state index in [9.17, 15) is 0 Å². The average Bonchev–Trinajstić information content (AvgIpc) is 3.41. The number of allylic oxidation sites excluding steroid dienone is 2. The minimum Gasteiger partial charge on any atom is -0.366 e. The summed E-state index contributed by atoms with van der Waals surface area (Å²) in [5.74, 6) is 2.48. The van der Waals surface area contributed by atoms with Crippen LogP contribution in [0.5, 0.6) is 0 Å². The van der Waals surface area contributed by atoms with E-state index in [2.05, 4.69) is 62.4 Å². The van der Waals surface area contributed by atoms with Crippen molar-refractivity contribution in [2.75, 3.05) is 0 Å². The summed E-state index contributed by atoms with van der Waals surface area (Å²) in [5, 5.41) is 0. The molecule has 6 unspecified atom stereocenters. The van der Waals surface area contributed by atoms with E-state index in [0.29, 0.717) is 35.9 Å². The van der Waals surface area contributed by atoms with Crippen LogP contribution in [0.15, 0.2) is 70.8 Å². The summed E-state index contributed by atoms with van der Waals surface area (Å²) in [6.45, 7) is 4.66. The number of rotatable bonds is 0. The molecule has 0 radical (unpaired) electrons. The average molecular weight is 352 g/mol. The molecule has 1 saturated heterocycles. The third kappa shape index (κ3) is 1.62. The molecule has 0 N–H and O–H groups in total. The Labute approximate surface area is 160 Å². The van der Waals surface area contributed by atoms with Crippen molar-refractivity contribution < 1.29 is 4.74 Å². The van der Waals surface area contributed by atoms with E-state index >= 15 is 0 Å². The van der Waals surface area contributed by atoms with Crippen molar-refractivity contribution in [2.45, 2.75) is 50.7 Å². The fourth-order valence-corrected chi connectivity index (χ4v) is 7.33. The third-order valence-corrected chi connectivity index (χ3v) is 8.10. The summed E-state index contributed by atoms with van der Waals surface area (Å²) in [5.41, 5.74) is 12.8. The van der Waals surface area contributed by atoms with Crippen LogP contribution in [0, 0.1) is 11.8 Å². The molecule has 4 bridgehead atoms. The maximum Gasteiger partial charge on any atom is 0.0841 e. The van der Waals surface area contributed by atoms with Gasteiger partial charge in [0.05, 0.1) is 12.2 Å². The van der Waals surface area contributed by atoms with Crippen molar-refractivity contribution in [3.05, 3.63) is 93.1 Å². The molecule has 2 aliphatic heterocycles. The highest BCUT2D eigenvalue weighted by Crippen LogP contribution is 2.71. The molecule has 2 fully saturated rings. The van der Waals surface area contributed by atoms with Crippen LogP contribution in [0.4, 0.5) is 0 Å². The van der Waals surface area contributed by atoms with Crippen molar-refractivity contribution in [1.29, 1.82) is 0 Å². The van der Waals surface area contributed by atoms with Gasteiger partial charge in [0, 0.05) is 23.7 Å². The Balaban J connectivity index is 1.39. The van der Waals surface area contributed by atoms with Crippen molar-refractivity contribution in [1.82, 2.24) is 0 Å². The molecule has 0 amide bonds. The Hall–Kier alpha value is -2.12. The van der Waals surface area contributed by atoms with Crippen LogP contribution < -0.4 is 0 Å². The quantitative estimate of drug-likeness (QED) is 0.583. The third-order valence-electron chi connectivity index (χ3n) is 8.10. The van der Waals surface area contributed by atoms with E-state index in [1.54, 1.807) is 27.8 Å². The summed E-state index contributed by atoms with van der Waals surface area (Å²) in [6.07, 6.45) is 2.92. The van der Waals surface area contributed by atoms with Crippen LogP contribution in [-0.2, 0) is 17.6 Å². The first-order valence-electron chi connectivity index (χ1n) is 10.4. The molecule has 2 aromatic carbocycles. The first-order valence-corrected chi connectivity index (χ1v) is 10.4. The minimum atomic E-state index is 0.348. The Bertz CT molecular complexity index is 991. The summed E-state index contributed by atoms with van der Waals surface area (Å²) >= 11 is 0. The molecular weight excluding hydrogens is 328 g/mol. The predicted octanol–water partition coefficient (Wildman–Crippen LogP) is 5.33. The van der Waals surface area contributed by atoms with Crippen LogP contribution in [0.3, 0.4) is 0 Å². The molecule has 1 nitrogen and oxygen atoms in total. The molecule has 5 aliphatic rings. The topological polar surface area (TPSA) is 9.23 Å². The summed E-state index contributed by atoms with van der Waals surface area (Å²) in [7, 11) is 0. The zero-order valence-corrected chi connectivity index (χ0v) is 15.9. The van der Waals surface area contributed by atoms with E-state index in [0.717, 1.165) is 12.8 Å². The lowest BCUT2D eigenvalue weighted by atomic mass is 9.64. The number of benzene rings is 2. The zero-order chi connectivity index (χ0) is 17.9. The van der Waals surface area contributed by atoms with Crippen molar-refractivity contribution >= 4 is 0 Å². The fraction of sp³-hybridized carbons (Fsp3) is 0.385. The highest BCUT2D eigenvalue weighted by Gasteiger charge is 2.67. The van der Waals surface area contributed by atoms with E-state index in [-0.39, 0.29) is 0 Å². The van der Waals surface area contributed by atoms with Gasteiger partial charge in [0.25, 0.3) is 0 Å². The molecule has 0 aromatic heterocycles. The number of hydrogen-bond donors (Lipinski definition) is 0. The summed E-state index contributed by atoms with van der Waals surface area (Å²) in [6, 6.07) is 18.2. The van der Waals surface area contributed by atoms with Crippen LogP contribution in [0.1, 0.15) is 47.9 Å². The molecule has 134 valence electrons. The second-order valence-electron chi connectivity index (χ2n) is 9.34. The predicted molar refractivity (Wildman–Crippen MR) is 107 cm³/mol. The van der Waals surface area contributed by atoms with Gasteiger partial charge in [0.15, 0.2) is 0 Å². The lowest BCUT2D eigenvalue weighted by molar-refractivity contribution is 0.0882. The molecule has 3 aliphatic carbocycles. The van der Waals surface area contributed by atoms with E-state index < -0.39 is 0 Å². The number of fused-ring (bicyclic) bond motifs is 15. The second-order valence-corrected chi connectivity index (χ2v) is 9.34. The molecule has 7 rings (SSSR count). The maximum absolute atomic E-state index is 6.76. The largest absolute Gasteiger partial charge is 0.366 e. The van der Waals surface area contributed by atoms with E-state index in [1.165, 1.54) is 16.7 Å². The van der Waals surface area contributed by atoms with Crippen molar-refractivity contribution in [3.8, 4) is 0 Å². The highest BCUT2D eigenvalue weighted by molar-refractivity contribution is 5.61. The Kier molecular flexibility index (Phi) is 2.66. The molecule has 1 heteroatoms.